The molecule has 1 saturated carbocycles. The molecule has 1 atom stereocenters. The van der Waals surface area contributed by atoms with E-state index in [1.807, 2.05) is 30.3 Å². The van der Waals surface area contributed by atoms with E-state index in [2.05, 4.69) is 11.8 Å². The van der Waals surface area contributed by atoms with E-state index in [-0.39, 0.29) is 12.5 Å². The molecule has 0 aromatic heterocycles. The molecule has 1 fully saturated rings. The molecule has 0 heterocycles. The molecular formula is C23H23ClO4. The van der Waals surface area contributed by atoms with Gasteiger partial charge in [-0.15, -0.1) is 0 Å². The van der Waals surface area contributed by atoms with Gasteiger partial charge in [0.05, 0.1) is 25.6 Å². The Balaban J connectivity index is 1.88. The maximum absolute atomic E-state index is 11.4. The fourth-order valence-corrected chi connectivity index (χ4v) is 3.44. The quantitative estimate of drug-likeness (QED) is 0.672. The second-order valence-corrected chi connectivity index (χ2v) is 7.30. The molecule has 28 heavy (non-hydrogen) atoms. The molecule has 3 rings (SSSR count). The number of hydrogen-bond acceptors (Lipinski definition) is 3. The average Bonchev–Trinajstić information content (AvgIpc) is 3.19. The minimum absolute atomic E-state index is 0.0875. The average molecular weight is 399 g/mol. The molecule has 0 spiro atoms. The van der Waals surface area contributed by atoms with Crippen molar-refractivity contribution >= 4 is 17.6 Å². The first-order valence-electron chi connectivity index (χ1n) is 9.38. The van der Waals surface area contributed by atoms with Crippen molar-refractivity contribution in [2.45, 2.75) is 44.1 Å². The molecule has 5 heteroatoms. The van der Waals surface area contributed by atoms with Crippen molar-refractivity contribution in [1.29, 1.82) is 0 Å². The van der Waals surface area contributed by atoms with Crippen molar-refractivity contribution < 1.29 is 19.4 Å². The van der Waals surface area contributed by atoms with Gasteiger partial charge < -0.3 is 14.6 Å². The highest BCUT2D eigenvalue weighted by Gasteiger charge is 2.20. The van der Waals surface area contributed by atoms with Gasteiger partial charge in [-0.1, -0.05) is 29.5 Å². The lowest BCUT2D eigenvalue weighted by Crippen LogP contribution is -2.12. The number of aliphatic carboxylic acids is 1. The van der Waals surface area contributed by atoms with Crippen molar-refractivity contribution in [3.8, 4) is 23.3 Å². The third kappa shape index (κ3) is 5.43. The number of carboxylic acid groups (broad SMARTS) is 1. The van der Waals surface area contributed by atoms with Crippen LogP contribution in [0.4, 0.5) is 0 Å². The fourth-order valence-electron chi connectivity index (χ4n) is 3.32. The van der Waals surface area contributed by atoms with Crippen LogP contribution in [0, 0.1) is 11.8 Å². The zero-order valence-electron chi connectivity index (χ0n) is 15.8. The summed E-state index contributed by atoms with van der Waals surface area (Å²) >= 11 is 5.90. The fraction of sp³-hybridized carbons (Fsp3) is 0.348. The van der Waals surface area contributed by atoms with Crippen LogP contribution < -0.4 is 9.47 Å². The van der Waals surface area contributed by atoms with E-state index >= 15 is 0 Å². The molecule has 0 aliphatic heterocycles. The van der Waals surface area contributed by atoms with Gasteiger partial charge in [0, 0.05) is 10.6 Å². The summed E-state index contributed by atoms with van der Waals surface area (Å²) in [7, 11) is 1.60. The molecule has 1 N–H and O–H groups in total. The zero-order chi connectivity index (χ0) is 19.9. The molecule has 146 valence electrons. The van der Waals surface area contributed by atoms with E-state index in [1.54, 1.807) is 19.2 Å². The van der Waals surface area contributed by atoms with Crippen molar-refractivity contribution in [3.05, 3.63) is 58.6 Å². The Hall–Kier alpha value is -2.64. The van der Waals surface area contributed by atoms with E-state index in [0.29, 0.717) is 16.5 Å². The summed E-state index contributed by atoms with van der Waals surface area (Å²) in [6.45, 7) is 0. The second-order valence-electron chi connectivity index (χ2n) is 6.86. The van der Waals surface area contributed by atoms with Crippen LogP contribution in [0.15, 0.2) is 42.5 Å². The number of hydrogen-bond donors (Lipinski definition) is 1. The summed E-state index contributed by atoms with van der Waals surface area (Å²) in [5.74, 6) is 6.09. The number of halogens is 1. The van der Waals surface area contributed by atoms with Gasteiger partial charge in [-0.2, -0.15) is 0 Å². The normalized spacial score (nSPS) is 14.8. The number of methoxy groups -OCH3 is 1. The molecule has 2 aromatic rings. The standard InChI is InChI=1S/C23H23ClO4/c1-27-21-13-10-17(14-22(21)28-20-4-2-3-5-20)18(15-23(25)26)9-6-16-7-11-19(24)12-8-16/h7-8,10-14,18,20H,2-5,15H2,1H3,(H,25,26). The molecular weight excluding hydrogens is 376 g/mol. The van der Waals surface area contributed by atoms with E-state index in [4.69, 9.17) is 21.1 Å². The van der Waals surface area contributed by atoms with Crippen LogP contribution >= 0.6 is 11.6 Å². The first-order valence-corrected chi connectivity index (χ1v) is 9.76. The Morgan fingerprint density at radius 2 is 1.89 bits per heavy atom. The number of carbonyl (C=O) groups is 1. The third-order valence-electron chi connectivity index (χ3n) is 4.80. The van der Waals surface area contributed by atoms with Crippen LogP contribution in [-0.4, -0.2) is 24.3 Å². The SMILES string of the molecule is COc1ccc(C(C#Cc2ccc(Cl)cc2)CC(=O)O)cc1OC1CCCC1. The van der Waals surface area contributed by atoms with Gasteiger partial charge in [-0.25, -0.2) is 0 Å². The van der Waals surface area contributed by atoms with Crippen molar-refractivity contribution in [2.24, 2.45) is 0 Å². The van der Waals surface area contributed by atoms with Crippen molar-refractivity contribution in [2.75, 3.05) is 7.11 Å². The lowest BCUT2D eigenvalue weighted by molar-refractivity contribution is -0.137. The van der Waals surface area contributed by atoms with E-state index in [9.17, 15) is 9.90 Å². The zero-order valence-corrected chi connectivity index (χ0v) is 16.5. The van der Waals surface area contributed by atoms with Gasteiger partial charge in [0.1, 0.15) is 0 Å². The third-order valence-corrected chi connectivity index (χ3v) is 5.05. The summed E-state index contributed by atoms with van der Waals surface area (Å²) in [4.78, 5) is 11.4. The number of rotatable bonds is 6. The first kappa shape index (κ1) is 20.1. The number of ether oxygens (including phenoxy) is 2. The maximum atomic E-state index is 11.4. The maximum Gasteiger partial charge on any atom is 0.304 e. The summed E-state index contributed by atoms with van der Waals surface area (Å²) in [5, 5.41) is 9.97. The molecule has 2 aromatic carbocycles. The summed E-state index contributed by atoms with van der Waals surface area (Å²) in [5.41, 5.74) is 1.59. The van der Waals surface area contributed by atoms with Crippen LogP contribution in [0.5, 0.6) is 11.5 Å². The molecule has 0 radical (unpaired) electrons. The lowest BCUT2D eigenvalue weighted by atomic mass is 9.95. The molecule has 1 aliphatic carbocycles. The summed E-state index contributed by atoms with van der Waals surface area (Å²) in [6, 6.07) is 12.7. The predicted molar refractivity (Wildman–Crippen MR) is 109 cm³/mol. The summed E-state index contributed by atoms with van der Waals surface area (Å²) < 4.78 is 11.6. The van der Waals surface area contributed by atoms with Gasteiger partial charge in [-0.05, 0) is 67.6 Å². The molecule has 1 unspecified atom stereocenters. The molecule has 1 aliphatic rings. The Bertz CT molecular complexity index is 874. The van der Waals surface area contributed by atoms with Gasteiger partial charge in [0.2, 0.25) is 0 Å². The van der Waals surface area contributed by atoms with Crippen LogP contribution in [-0.2, 0) is 4.79 Å². The van der Waals surface area contributed by atoms with Crippen LogP contribution in [0.2, 0.25) is 5.02 Å². The molecule has 4 nitrogen and oxygen atoms in total. The van der Waals surface area contributed by atoms with Gasteiger partial charge >= 0.3 is 5.97 Å². The van der Waals surface area contributed by atoms with Gasteiger partial charge in [0.25, 0.3) is 0 Å². The Labute approximate surface area is 170 Å². The minimum Gasteiger partial charge on any atom is -0.493 e. The van der Waals surface area contributed by atoms with Crippen LogP contribution in [0.25, 0.3) is 0 Å². The highest BCUT2D eigenvalue weighted by Crippen LogP contribution is 2.35. The highest BCUT2D eigenvalue weighted by molar-refractivity contribution is 6.30. The van der Waals surface area contributed by atoms with Crippen LogP contribution in [0.3, 0.4) is 0 Å². The Morgan fingerprint density at radius 3 is 2.54 bits per heavy atom. The summed E-state index contributed by atoms with van der Waals surface area (Å²) in [6.07, 6.45) is 4.49. The van der Waals surface area contributed by atoms with Crippen molar-refractivity contribution in [1.82, 2.24) is 0 Å². The number of benzene rings is 2. The van der Waals surface area contributed by atoms with Crippen LogP contribution in [0.1, 0.15) is 49.1 Å². The van der Waals surface area contributed by atoms with E-state index in [1.165, 1.54) is 12.8 Å². The van der Waals surface area contributed by atoms with Gasteiger partial charge in [0.15, 0.2) is 11.5 Å². The lowest BCUT2D eigenvalue weighted by Gasteiger charge is -2.18. The minimum atomic E-state index is -0.899. The smallest absolute Gasteiger partial charge is 0.304 e. The topological polar surface area (TPSA) is 55.8 Å². The Kier molecular flexibility index (Phi) is 6.84. The molecule has 0 bridgehead atoms. The Morgan fingerprint density at radius 1 is 1.18 bits per heavy atom. The van der Waals surface area contributed by atoms with Gasteiger partial charge in [-0.3, -0.25) is 4.79 Å². The highest BCUT2D eigenvalue weighted by atomic mass is 35.5. The largest absolute Gasteiger partial charge is 0.493 e. The second kappa shape index (κ2) is 9.52. The monoisotopic (exact) mass is 398 g/mol. The molecule has 0 saturated heterocycles. The first-order chi connectivity index (χ1) is 13.5. The van der Waals surface area contributed by atoms with Crippen molar-refractivity contribution in [3.63, 3.8) is 0 Å². The van der Waals surface area contributed by atoms with E-state index in [0.717, 1.165) is 24.0 Å². The number of carboxylic acids is 1. The molecule has 0 amide bonds. The van der Waals surface area contributed by atoms with E-state index < -0.39 is 11.9 Å². The predicted octanol–water partition coefficient (Wildman–Crippen LogP) is 5.28.